The van der Waals surface area contributed by atoms with E-state index < -0.39 is 11.7 Å². The summed E-state index contributed by atoms with van der Waals surface area (Å²) >= 11 is 0. The Morgan fingerprint density at radius 1 is 1.20 bits per heavy atom. The maximum Gasteiger partial charge on any atom is 0.416 e. The summed E-state index contributed by atoms with van der Waals surface area (Å²) in [6.07, 6.45) is -1.43. The van der Waals surface area contributed by atoms with Crippen LogP contribution in [0.15, 0.2) is 30.3 Å². The number of halogens is 3. The minimum atomic E-state index is -4.28. The zero-order valence-corrected chi connectivity index (χ0v) is 11.8. The second kappa shape index (κ2) is 8.07. The van der Waals surface area contributed by atoms with Crippen LogP contribution in [0.1, 0.15) is 24.5 Å². The van der Waals surface area contributed by atoms with Gasteiger partial charge in [-0.3, -0.25) is 0 Å². The van der Waals surface area contributed by atoms with Crippen molar-refractivity contribution >= 4 is 5.57 Å². The lowest BCUT2D eigenvalue weighted by Gasteiger charge is -2.08. The fraction of sp³-hybridized carbons (Fsp3) is 0.467. The molecule has 1 N–H and O–H groups in total. The van der Waals surface area contributed by atoms with Crippen molar-refractivity contribution in [2.75, 3.05) is 26.8 Å². The fourth-order valence-electron chi connectivity index (χ4n) is 1.73. The smallest absolute Gasteiger partial charge is 0.383 e. The SMILES string of the molecule is COCCNCCC=C(C)c1ccc(C(F)(F)F)cc1. The van der Waals surface area contributed by atoms with Gasteiger partial charge in [0.2, 0.25) is 0 Å². The summed E-state index contributed by atoms with van der Waals surface area (Å²) in [6, 6.07) is 5.24. The number of hydrogen-bond acceptors (Lipinski definition) is 2. The molecule has 20 heavy (non-hydrogen) atoms. The Balaban J connectivity index is 2.48. The van der Waals surface area contributed by atoms with Crippen molar-refractivity contribution in [2.45, 2.75) is 19.5 Å². The van der Waals surface area contributed by atoms with Gasteiger partial charge in [0.15, 0.2) is 0 Å². The predicted molar refractivity (Wildman–Crippen MR) is 74.5 cm³/mol. The Bertz CT molecular complexity index is 424. The zero-order chi connectivity index (χ0) is 15.0. The Morgan fingerprint density at radius 2 is 1.85 bits per heavy atom. The monoisotopic (exact) mass is 287 g/mol. The quantitative estimate of drug-likeness (QED) is 0.771. The first-order chi connectivity index (χ1) is 9.45. The molecule has 0 saturated heterocycles. The van der Waals surface area contributed by atoms with E-state index >= 15 is 0 Å². The second-order valence-electron chi connectivity index (χ2n) is 4.49. The van der Waals surface area contributed by atoms with Crippen molar-refractivity contribution in [3.8, 4) is 0 Å². The largest absolute Gasteiger partial charge is 0.416 e. The Hall–Kier alpha value is -1.33. The molecule has 0 bridgehead atoms. The summed E-state index contributed by atoms with van der Waals surface area (Å²) in [7, 11) is 1.65. The summed E-state index contributed by atoms with van der Waals surface area (Å²) in [6.45, 7) is 4.18. The lowest BCUT2D eigenvalue weighted by atomic mass is 10.0. The molecular formula is C15H20F3NO. The first kappa shape index (κ1) is 16.7. The van der Waals surface area contributed by atoms with Gasteiger partial charge in [-0.05, 0) is 43.2 Å². The van der Waals surface area contributed by atoms with Crippen LogP contribution < -0.4 is 5.32 Å². The summed E-state index contributed by atoms with van der Waals surface area (Å²) in [4.78, 5) is 0. The van der Waals surface area contributed by atoms with Crippen LogP contribution in [0.4, 0.5) is 13.2 Å². The molecule has 0 fully saturated rings. The van der Waals surface area contributed by atoms with Gasteiger partial charge in [-0.2, -0.15) is 13.2 Å². The van der Waals surface area contributed by atoms with E-state index in [-0.39, 0.29) is 0 Å². The number of allylic oxidation sites excluding steroid dienone is 1. The first-order valence-corrected chi connectivity index (χ1v) is 6.49. The minimum Gasteiger partial charge on any atom is -0.383 e. The molecule has 0 saturated carbocycles. The van der Waals surface area contributed by atoms with Crippen molar-refractivity contribution in [2.24, 2.45) is 0 Å². The summed E-state index contributed by atoms with van der Waals surface area (Å²) < 4.78 is 42.2. The Labute approximate surface area is 117 Å². The van der Waals surface area contributed by atoms with E-state index in [0.717, 1.165) is 42.8 Å². The van der Waals surface area contributed by atoms with Gasteiger partial charge in [0.1, 0.15) is 0 Å². The van der Waals surface area contributed by atoms with E-state index in [4.69, 9.17) is 4.74 Å². The molecule has 0 atom stereocenters. The average molecular weight is 287 g/mol. The van der Waals surface area contributed by atoms with Crippen molar-refractivity contribution in [1.82, 2.24) is 5.32 Å². The van der Waals surface area contributed by atoms with E-state index in [2.05, 4.69) is 5.32 Å². The normalized spacial score (nSPS) is 12.8. The summed E-state index contributed by atoms with van der Waals surface area (Å²) in [5, 5.41) is 3.20. The lowest BCUT2D eigenvalue weighted by molar-refractivity contribution is -0.137. The van der Waals surface area contributed by atoms with E-state index in [0.29, 0.717) is 6.61 Å². The molecular weight excluding hydrogens is 267 g/mol. The standard InChI is InChI=1S/C15H20F3NO/c1-12(4-3-9-19-10-11-20-2)13-5-7-14(8-6-13)15(16,17)18/h4-8,19H,3,9-11H2,1-2H3. The van der Waals surface area contributed by atoms with Crippen LogP contribution in [0.25, 0.3) is 5.57 Å². The molecule has 112 valence electrons. The molecule has 0 aromatic heterocycles. The molecule has 0 radical (unpaired) electrons. The van der Waals surface area contributed by atoms with Crippen LogP contribution in [-0.4, -0.2) is 26.8 Å². The highest BCUT2D eigenvalue weighted by Gasteiger charge is 2.29. The van der Waals surface area contributed by atoms with Crippen LogP contribution in [-0.2, 0) is 10.9 Å². The number of methoxy groups -OCH3 is 1. The fourth-order valence-corrected chi connectivity index (χ4v) is 1.73. The third-order valence-corrected chi connectivity index (χ3v) is 2.92. The topological polar surface area (TPSA) is 21.3 Å². The number of hydrogen-bond donors (Lipinski definition) is 1. The predicted octanol–water partition coefficient (Wildman–Crippen LogP) is 3.73. The number of nitrogens with one attached hydrogen (secondary N) is 1. The second-order valence-corrected chi connectivity index (χ2v) is 4.49. The van der Waals surface area contributed by atoms with Gasteiger partial charge in [0.05, 0.1) is 12.2 Å². The molecule has 1 rings (SSSR count). The molecule has 0 aliphatic carbocycles. The van der Waals surface area contributed by atoms with Gasteiger partial charge in [-0.15, -0.1) is 0 Å². The van der Waals surface area contributed by atoms with E-state index in [1.807, 2.05) is 13.0 Å². The van der Waals surface area contributed by atoms with E-state index in [9.17, 15) is 13.2 Å². The first-order valence-electron chi connectivity index (χ1n) is 6.49. The third-order valence-electron chi connectivity index (χ3n) is 2.92. The van der Waals surface area contributed by atoms with Gasteiger partial charge in [0, 0.05) is 13.7 Å². The highest BCUT2D eigenvalue weighted by atomic mass is 19.4. The molecule has 2 nitrogen and oxygen atoms in total. The minimum absolute atomic E-state index is 0.615. The van der Waals surface area contributed by atoms with Crippen molar-refractivity contribution < 1.29 is 17.9 Å². The number of ether oxygens (including phenoxy) is 1. The van der Waals surface area contributed by atoms with E-state index in [1.165, 1.54) is 12.1 Å². The third kappa shape index (κ3) is 5.75. The number of rotatable bonds is 7. The number of benzene rings is 1. The van der Waals surface area contributed by atoms with Crippen LogP contribution in [0.2, 0.25) is 0 Å². The average Bonchev–Trinajstić information content (AvgIpc) is 2.41. The number of alkyl halides is 3. The van der Waals surface area contributed by atoms with Crippen LogP contribution in [0.3, 0.4) is 0 Å². The van der Waals surface area contributed by atoms with Gasteiger partial charge >= 0.3 is 6.18 Å². The van der Waals surface area contributed by atoms with Gasteiger partial charge in [-0.25, -0.2) is 0 Å². The lowest BCUT2D eigenvalue weighted by Crippen LogP contribution is -2.19. The van der Waals surface area contributed by atoms with Crippen molar-refractivity contribution in [3.05, 3.63) is 41.5 Å². The van der Waals surface area contributed by atoms with Crippen LogP contribution in [0.5, 0.6) is 0 Å². The van der Waals surface area contributed by atoms with E-state index in [1.54, 1.807) is 7.11 Å². The zero-order valence-electron chi connectivity index (χ0n) is 11.8. The van der Waals surface area contributed by atoms with Crippen molar-refractivity contribution in [1.29, 1.82) is 0 Å². The molecule has 5 heteroatoms. The van der Waals surface area contributed by atoms with Crippen LogP contribution in [0, 0.1) is 0 Å². The van der Waals surface area contributed by atoms with Crippen molar-refractivity contribution in [3.63, 3.8) is 0 Å². The highest BCUT2D eigenvalue weighted by Crippen LogP contribution is 2.30. The molecule has 0 spiro atoms. The van der Waals surface area contributed by atoms with Gasteiger partial charge in [0.25, 0.3) is 0 Å². The van der Waals surface area contributed by atoms with Crippen LogP contribution >= 0.6 is 0 Å². The molecule has 0 unspecified atom stereocenters. The summed E-state index contributed by atoms with van der Waals surface area (Å²) in [5.74, 6) is 0. The molecule has 0 aliphatic heterocycles. The molecule has 0 heterocycles. The summed E-state index contributed by atoms with van der Waals surface area (Å²) in [5.41, 5.74) is 1.18. The van der Waals surface area contributed by atoms with Gasteiger partial charge < -0.3 is 10.1 Å². The maximum atomic E-state index is 12.4. The highest BCUT2D eigenvalue weighted by molar-refractivity contribution is 5.63. The van der Waals surface area contributed by atoms with Gasteiger partial charge in [-0.1, -0.05) is 18.2 Å². The Kier molecular flexibility index (Phi) is 6.75. The molecule has 0 aliphatic rings. The molecule has 1 aromatic rings. The molecule has 1 aromatic carbocycles. The Morgan fingerprint density at radius 3 is 2.40 bits per heavy atom. The molecule has 0 amide bonds. The maximum absolute atomic E-state index is 12.4.